The number of fused-ring (bicyclic) bond motifs is 1. The first-order valence-corrected chi connectivity index (χ1v) is 9.21. The van der Waals surface area contributed by atoms with Crippen LogP contribution in [0.5, 0.6) is 0 Å². The first kappa shape index (κ1) is 19.0. The summed E-state index contributed by atoms with van der Waals surface area (Å²) in [5.74, 6) is -0.562. The van der Waals surface area contributed by atoms with E-state index in [4.69, 9.17) is 0 Å². The van der Waals surface area contributed by atoms with Crippen molar-refractivity contribution in [3.05, 3.63) is 77.7 Å². The van der Waals surface area contributed by atoms with Gasteiger partial charge in [-0.1, -0.05) is 63.2 Å². The lowest BCUT2D eigenvalue weighted by molar-refractivity contribution is 0.0926. The maximum absolute atomic E-state index is 13.8. The Balaban J connectivity index is 1.81. The Labute approximate surface area is 159 Å². The van der Waals surface area contributed by atoms with Gasteiger partial charge in [0.2, 0.25) is 0 Å². The number of carbonyl (C=O) groups is 1. The third-order valence-corrected chi connectivity index (χ3v) is 4.44. The molecular formula is C23H25FN2O. The second-order valence-corrected chi connectivity index (χ2v) is 8.16. The van der Waals surface area contributed by atoms with Crippen LogP contribution >= 0.6 is 0 Å². The van der Waals surface area contributed by atoms with Crippen LogP contribution < -0.4 is 5.32 Å². The summed E-state index contributed by atoms with van der Waals surface area (Å²) in [5.41, 5.74) is 1.99. The molecule has 1 unspecified atom stereocenters. The normalized spacial score (nSPS) is 12.7. The van der Waals surface area contributed by atoms with Gasteiger partial charge in [-0.05, 0) is 36.0 Å². The number of hydrogen-bond donors (Lipinski definition) is 1. The van der Waals surface area contributed by atoms with E-state index in [0.717, 1.165) is 12.8 Å². The molecule has 2 aromatic carbocycles. The van der Waals surface area contributed by atoms with Crippen LogP contribution in [-0.4, -0.2) is 16.9 Å². The quantitative estimate of drug-likeness (QED) is 0.680. The first-order valence-electron chi connectivity index (χ1n) is 9.21. The van der Waals surface area contributed by atoms with Gasteiger partial charge in [-0.3, -0.25) is 9.78 Å². The zero-order valence-electron chi connectivity index (χ0n) is 16.0. The maximum atomic E-state index is 13.8. The Bertz CT molecular complexity index is 932. The van der Waals surface area contributed by atoms with Crippen LogP contribution in [-0.2, 0) is 6.42 Å². The third-order valence-electron chi connectivity index (χ3n) is 4.44. The number of nitrogens with zero attached hydrogens (tertiary/aromatic N) is 1. The summed E-state index contributed by atoms with van der Waals surface area (Å²) in [7, 11) is 0. The number of amides is 1. The predicted octanol–water partition coefficient (Wildman–Crippen LogP) is 5.15. The van der Waals surface area contributed by atoms with Crippen LogP contribution in [0.3, 0.4) is 0 Å². The minimum absolute atomic E-state index is 0.00288. The number of pyridine rings is 1. The van der Waals surface area contributed by atoms with Crippen LogP contribution in [0.4, 0.5) is 4.39 Å². The predicted molar refractivity (Wildman–Crippen MR) is 107 cm³/mol. The van der Waals surface area contributed by atoms with Gasteiger partial charge >= 0.3 is 0 Å². The van der Waals surface area contributed by atoms with Gasteiger partial charge in [0.1, 0.15) is 11.3 Å². The van der Waals surface area contributed by atoms with E-state index in [0.29, 0.717) is 10.9 Å². The summed E-state index contributed by atoms with van der Waals surface area (Å²) in [4.78, 5) is 16.9. The molecule has 1 amide bonds. The molecule has 3 rings (SSSR count). The minimum atomic E-state index is -0.380. The topological polar surface area (TPSA) is 42.0 Å². The lowest BCUT2D eigenvalue weighted by Crippen LogP contribution is -2.39. The number of nitrogens with one attached hydrogen (secondary N) is 1. The molecule has 1 N–H and O–H groups in total. The fraction of sp³-hybridized carbons (Fsp3) is 0.304. The largest absolute Gasteiger partial charge is 0.349 e. The number of carbonyl (C=O) groups excluding carboxylic acids is 1. The van der Waals surface area contributed by atoms with Crippen LogP contribution in [0.2, 0.25) is 0 Å². The van der Waals surface area contributed by atoms with Gasteiger partial charge in [0.05, 0.1) is 5.56 Å². The van der Waals surface area contributed by atoms with Crippen LogP contribution in [0.25, 0.3) is 10.9 Å². The number of para-hydroxylation sites is 1. The molecule has 0 aliphatic heterocycles. The third kappa shape index (κ3) is 5.13. The van der Waals surface area contributed by atoms with Crippen molar-refractivity contribution in [3.63, 3.8) is 0 Å². The lowest BCUT2D eigenvalue weighted by atomic mass is 9.85. The van der Waals surface area contributed by atoms with Crippen molar-refractivity contribution >= 4 is 16.8 Å². The van der Waals surface area contributed by atoms with E-state index >= 15 is 0 Å². The van der Waals surface area contributed by atoms with Crippen molar-refractivity contribution in [1.29, 1.82) is 0 Å². The molecule has 0 spiro atoms. The Morgan fingerprint density at radius 1 is 1.11 bits per heavy atom. The number of rotatable bonds is 5. The summed E-state index contributed by atoms with van der Waals surface area (Å²) >= 11 is 0. The Morgan fingerprint density at radius 3 is 2.56 bits per heavy atom. The second-order valence-electron chi connectivity index (χ2n) is 8.16. The Kier molecular flexibility index (Phi) is 5.54. The molecule has 4 heteroatoms. The van der Waals surface area contributed by atoms with E-state index < -0.39 is 0 Å². The average Bonchev–Trinajstić information content (AvgIpc) is 2.61. The monoisotopic (exact) mass is 364 g/mol. The summed E-state index contributed by atoms with van der Waals surface area (Å²) in [6.45, 7) is 6.49. The molecule has 27 heavy (non-hydrogen) atoms. The molecule has 0 radical (unpaired) electrons. The van der Waals surface area contributed by atoms with Gasteiger partial charge in [-0.15, -0.1) is 0 Å². The van der Waals surface area contributed by atoms with Gasteiger partial charge in [0.25, 0.3) is 5.91 Å². The minimum Gasteiger partial charge on any atom is -0.349 e. The van der Waals surface area contributed by atoms with Crippen molar-refractivity contribution in [2.45, 2.75) is 39.7 Å². The molecule has 1 aromatic heterocycles. The van der Waals surface area contributed by atoms with E-state index in [9.17, 15) is 9.18 Å². The van der Waals surface area contributed by atoms with Gasteiger partial charge in [0.15, 0.2) is 0 Å². The summed E-state index contributed by atoms with van der Waals surface area (Å²) in [5, 5.41) is 3.77. The molecule has 1 heterocycles. The summed E-state index contributed by atoms with van der Waals surface area (Å²) in [6, 6.07) is 16.6. The first-order chi connectivity index (χ1) is 12.8. The van der Waals surface area contributed by atoms with Crippen molar-refractivity contribution in [3.8, 4) is 0 Å². The Morgan fingerprint density at radius 2 is 1.85 bits per heavy atom. The highest BCUT2D eigenvalue weighted by molar-refractivity contribution is 5.97. The molecule has 0 fully saturated rings. The molecule has 0 aliphatic rings. The Hall–Kier alpha value is -2.75. The van der Waals surface area contributed by atoms with Gasteiger partial charge in [0, 0.05) is 17.6 Å². The fourth-order valence-electron chi connectivity index (χ4n) is 3.33. The number of aromatic nitrogens is 1. The van der Waals surface area contributed by atoms with Gasteiger partial charge < -0.3 is 5.32 Å². The molecule has 0 bridgehead atoms. The van der Waals surface area contributed by atoms with E-state index in [1.807, 2.05) is 18.2 Å². The number of hydrogen-bond acceptors (Lipinski definition) is 2. The van der Waals surface area contributed by atoms with Crippen LogP contribution in [0.15, 0.2) is 60.8 Å². The molecule has 3 nitrogen and oxygen atoms in total. The molecule has 140 valence electrons. The summed E-state index contributed by atoms with van der Waals surface area (Å²) in [6.07, 6.45) is 3.06. The zero-order chi connectivity index (χ0) is 19.4. The molecule has 0 aliphatic carbocycles. The summed E-state index contributed by atoms with van der Waals surface area (Å²) < 4.78 is 13.8. The zero-order valence-corrected chi connectivity index (χ0v) is 16.0. The fourth-order valence-corrected chi connectivity index (χ4v) is 3.33. The molecule has 0 saturated heterocycles. The van der Waals surface area contributed by atoms with Crippen molar-refractivity contribution < 1.29 is 9.18 Å². The number of benzene rings is 2. The van der Waals surface area contributed by atoms with Crippen molar-refractivity contribution in [2.24, 2.45) is 5.41 Å². The molecule has 0 saturated carbocycles. The second kappa shape index (κ2) is 7.87. The van der Waals surface area contributed by atoms with Gasteiger partial charge in [-0.25, -0.2) is 4.39 Å². The van der Waals surface area contributed by atoms with E-state index in [1.165, 1.54) is 17.8 Å². The average molecular weight is 364 g/mol. The van der Waals surface area contributed by atoms with Crippen molar-refractivity contribution in [1.82, 2.24) is 10.3 Å². The molecule has 3 aromatic rings. The lowest BCUT2D eigenvalue weighted by Gasteiger charge is -2.27. The highest BCUT2D eigenvalue weighted by atomic mass is 19.1. The number of halogens is 1. The molecular weight excluding hydrogens is 339 g/mol. The maximum Gasteiger partial charge on any atom is 0.253 e. The van der Waals surface area contributed by atoms with Gasteiger partial charge in [-0.2, -0.15) is 0 Å². The highest BCUT2D eigenvalue weighted by Gasteiger charge is 2.22. The standard InChI is InChI=1S/C23H25FN2O/c1-23(2,3)14-19(12-16-8-5-4-6-9-16)26-22(27)18-13-17-10-7-11-20(24)21(17)25-15-18/h4-11,13,15,19H,12,14H2,1-3H3,(H,26,27). The van der Waals surface area contributed by atoms with E-state index in [-0.39, 0.29) is 28.7 Å². The van der Waals surface area contributed by atoms with Crippen LogP contribution in [0.1, 0.15) is 43.1 Å². The van der Waals surface area contributed by atoms with E-state index in [2.05, 4.69) is 43.2 Å². The highest BCUT2D eigenvalue weighted by Crippen LogP contribution is 2.23. The van der Waals surface area contributed by atoms with E-state index in [1.54, 1.807) is 18.2 Å². The SMILES string of the molecule is CC(C)(C)CC(Cc1ccccc1)NC(=O)c1cnc2c(F)cccc2c1. The smallest absolute Gasteiger partial charge is 0.253 e. The van der Waals surface area contributed by atoms with Crippen molar-refractivity contribution in [2.75, 3.05) is 0 Å². The molecule has 1 atom stereocenters. The van der Waals surface area contributed by atoms with Crippen LogP contribution in [0, 0.1) is 11.2 Å².